The molecular weight excluding hydrogens is 447 g/mol. The van der Waals surface area contributed by atoms with Crippen LogP contribution in [0.15, 0.2) is 47.4 Å². The second-order valence-corrected chi connectivity index (χ2v) is 7.53. The molecule has 2 N–H and O–H groups in total. The fourth-order valence-corrected chi connectivity index (χ4v) is 3.57. The minimum Gasteiger partial charge on any atom is -0.353 e. The molecule has 166 valence electrons. The Morgan fingerprint density at radius 3 is 2.34 bits per heavy atom. The molecule has 0 spiro atoms. The maximum atomic E-state index is 13.6. The van der Waals surface area contributed by atoms with Crippen molar-refractivity contribution in [1.82, 2.24) is 15.5 Å². The predicted molar refractivity (Wildman–Crippen MR) is 111 cm³/mol. The first-order valence-electron chi connectivity index (χ1n) is 9.25. The van der Waals surface area contributed by atoms with Crippen LogP contribution >= 0.6 is 11.8 Å². The van der Waals surface area contributed by atoms with Crippen molar-refractivity contribution in [2.75, 3.05) is 19.6 Å². The van der Waals surface area contributed by atoms with Crippen molar-refractivity contribution in [2.24, 2.45) is 0 Å². The SMILES string of the molecule is O=C(CNC(=O)c1ccc(F)cc1F)NCCN1C(=O)SC(=Cc2ccc(F)cc2)C1=O. The summed E-state index contributed by atoms with van der Waals surface area (Å²) in [6.07, 6.45) is 1.47. The number of nitrogens with one attached hydrogen (secondary N) is 2. The number of benzene rings is 2. The van der Waals surface area contributed by atoms with Gasteiger partial charge in [-0.15, -0.1) is 0 Å². The van der Waals surface area contributed by atoms with Gasteiger partial charge >= 0.3 is 0 Å². The maximum absolute atomic E-state index is 13.6. The minimum absolute atomic E-state index is 0.0680. The molecule has 0 atom stereocenters. The van der Waals surface area contributed by atoms with E-state index in [-0.39, 0.29) is 18.0 Å². The van der Waals surface area contributed by atoms with Gasteiger partial charge in [-0.05, 0) is 47.7 Å². The standard InChI is InChI=1S/C21H16F3N3O4S/c22-13-3-1-12(2-4-13)9-17-20(30)27(21(31)32-17)8-7-25-18(28)11-26-19(29)15-6-5-14(23)10-16(15)24/h1-6,9-10H,7-8,11H2,(H,25,28)(H,26,29). The number of thioether (sulfide) groups is 1. The lowest BCUT2D eigenvalue weighted by atomic mass is 10.2. The third-order valence-electron chi connectivity index (χ3n) is 4.28. The van der Waals surface area contributed by atoms with Crippen LogP contribution in [0.3, 0.4) is 0 Å². The molecule has 0 bridgehead atoms. The van der Waals surface area contributed by atoms with E-state index in [2.05, 4.69) is 10.6 Å². The molecule has 0 radical (unpaired) electrons. The van der Waals surface area contributed by atoms with Gasteiger partial charge in [-0.25, -0.2) is 13.2 Å². The number of hydrogen-bond donors (Lipinski definition) is 2. The predicted octanol–water partition coefficient (Wildman–Crippen LogP) is 2.69. The zero-order valence-corrected chi connectivity index (χ0v) is 17.2. The van der Waals surface area contributed by atoms with Gasteiger partial charge in [-0.3, -0.25) is 24.1 Å². The van der Waals surface area contributed by atoms with Crippen molar-refractivity contribution in [3.63, 3.8) is 0 Å². The number of hydrogen-bond acceptors (Lipinski definition) is 5. The van der Waals surface area contributed by atoms with Crippen LogP contribution in [0.25, 0.3) is 6.08 Å². The van der Waals surface area contributed by atoms with Gasteiger partial charge in [-0.2, -0.15) is 0 Å². The molecule has 0 aromatic heterocycles. The van der Waals surface area contributed by atoms with Crippen LogP contribution in [-0.4, -0.2) is 47.5 Å². The van der Waals surface area contributed by atoms with Gasteiger partial charge in [0, 0.05) is 19.2 Å². The summed E-state index contributed by atoms with van der Waals surface area (Å²) in [7, 11) is 0. The molecule has 32 heavy (non-hydrogen) atoms. The van der Waals surface area contributed by atoms with Gasteiger partial charge in [0.25, 0.3) is 17.1 Å². The molecule has 1 aliphatic rings. The Labute approximate surface area is 184 Å². The van der Waals surface area contributed by atoms with Crippen LogP contribution in [0, 0.1) is 17.5 Å². The van der Waals surface area contributed by atoms with E-state index < -0.39 is 52.5 Å². The highest BCUT2D eigenvalue weighted by Gasteiger charge is 2.34. The Kier molecular flexibility index (Phi) is 7.31. The normalized spacial score (nSPS) is 14.7. The van der Waals surface area contributed by atoms with E-state index in [0.717, 1.165) is 28.8 Å². The molecule has 0 aliphatic carbocycles. The van der Waals surface area contributed by atoms with Crippen LogP contribution in [0.5, 0.6) is 0 Å². The highest BCUT2D eigenvalue weighted by molar-refractivity contribution is 8.18. The molecule has 1 aliphatic heterocycles. The summed E-state index contributed by atoms with van der Waals surface area (Å²) in [4.78, 5) is 49.3. The number of carbonyl (C=O) groups excluding carboxylic acids is 4. The number of carbonyl (C=O) groups is 4. The Balaban J connectivity index is 1.46. The van der Waals surface area contributed by atoms with Gasteiger partial charge in [-0.1, -0.05) is 12.1 Å². The number of imide groups is 1. The van der Waals surface area contributed by atoms with Gasteiger partial charge < -0.3 is 10.6 Å². The lowest BCUT2D eigenvalue weighted by Crippen LogP contribution is -2.41. The third kappa shape index (κ3) is 5.76. The molecule has 0 saturated carbocycles. The van der Waals surface area contributed by atoms with Crippen molar-refractivity contribution >= 4 is 40.8 Å². The fraction of sp³-hybridized carbons (Fsp3) is 0.143. The Bertz CT molecular complexity index is 1110. The highest BCUT2D eigenvalue weighted by Crippen LogP contribution is 2.31. The van der Waals surface area contributed by atoms with Crippen LogP contribution in [0.1, 0.15) is 15.9 Å². The number of rotatable bonds is 7. The fourth-order valence-electron chi connectivity index (χ4n) is 2.70. The van der Waals surface area contributed by atoms with Crippen LogP contribution in [0.4, 0.5) is 18.0 Å². The van der Waals surface area contributed by atoms with Crippen LogP contribution in [0.2, 0.25) is 0 Å². The van der Waals surface area contributed by atoms with Crippen molar-refractivity contribution < 1.29 is 32.3 Å². The largest absolute Gasteiger partial charge is 0.353 e. The van der Waals surface area contributed by atoms with Gasteiger partial charge in [0.2, 0.25) is 5.91 Å². The molecule has 0 unspecified atom stereocenters. The number of amides is 4. The molecule has 4 amide bonds. The lowest BCUT2D eigenvalue weighted by molar-refractivity contribution is -0.124. The number of halogens is 3. The topological polar surface area (TPSA) is 95.6 Å². The van der Waals surface area contributed by atoms with Crippen LogP contribution in [-0.2, 0) is 9.59 Å². The van der Waals surface area contributed by atoms with E-state index in [9.17, 15) is 32.3 Å². The van der Waals surface area contributed by atoms with Crippen LogP contribution < -0.4 is 10.6 Å². The van der Waals surface area contributed by atoms with E-state index in [1.807, 2.05) is 0 Å². The smallest absolute Gasteiger partial charge is 0.293 e. The Hall–Kier alpha value is -3.60. The lowest BCUT2D eigenvalue weighted by Gasteiger charge is -2.13. The van der Waals surface area contributed by atoms with Gasteiger partial charge in [0.1, 0.15) is 17.5 Å². The summed E-state index contributed by atoms with van der Waals surface area (Å²) in [6, 6.07) is 7.82. The van der Waals surface area contributed by atoms with Crippen molar-refractivity contribution in [1.29, 1.82) is 0 Å². The van der Waals surface area contributed by atoms with Gasteiger partial charge in [0.15, 0.2) is 0 Å². The quantitative estimate of drug-likeness (QED) is 0.616. The second kappa shape index (κ2) is 10.1. The first-order chi connectivity index (χ1) is 15.2. The zero-order valence-electron chi connectivity index (χ0n) is 16.4. The molecule has 1 heterocycles. The Morgan fingerprint density at radius 1 is 0.969 bits per heavy atom. The van der Waals surface area contributed by atoms with Crippen molar-refractivity contribution in [3.05, 3.63) is 75.9 Å². The van der Waals surface area contributed by atoms with E-state index in [1.165, 1.54) is 30.3 Å². The first-order valence-corrected chi connectivity index (χ1v) is 10.1. The minimum atomic E-state index is -1.06. The van der Waals surface area contributed by atoms with Gasteiger partial charge in [0.05, 0.1) is 17.0 Å². The maximum Gasteiger partial charge on any atom is 0.293 e. The third-order valence-corrected chi connectivity index (χ3v) is 5.19. The average molecular weight is 463 g/mol. The molecule has 2 aromatic carbocycles. The molecular formula is C21H16F3N3O4S. The van der Waals surface area contributed by atoms with Crippen molar-refractivity contribution in [2.45, 2.75) is 0 Å². The molecule has 2 aromatic rings. The first kappa shape index (κ1) is 23.1. The zero-order chi connectivity index (χ0) is 23.3. The summed E-state index contributed by atoms with van der Waals surface area (Å²) in [5, 5.41) is 4.10. The van der Waals surface area contributed by atoms with Crippen molar-refractivity contribution in [3.8, 4) is 0 Å². The summed E-state index contributed by atoms with van der Waals surface area (Å²) in [6.45, 7) is -0.652. The summed E-state index contributed by atoms with van der Waals surface area (Å²) in [5.41, 5.74) is 0.142. The molecule has 1 fully saturated rings. The summed E-state index contributed by atoms with van der Waals surface area (Å²) >= 11 is 0.727. The monoisotopic (exact) mass is 463 g/mol. The summed E-state index contributed by atoms with van der Waals surface area (Å²) < 4.78 is 39.4. The van der Waals surface area contributed by atoms with E-state index in [1.54, 1.807) is 0 Å². The molecule has 11 heteroatoms. The van der Waals surface area contributed by atoms with E-state index >= 15 is 0 Å². The van der Waals surface area contributed by atoms with E-state index in [4.69, 9.17) is 0 Å². The Morgan fingerprint density at radius 2 is 1.66 bits per heavy atom. The average Bonchev–Trinajstić information content (AvgIpc) is 3.01. The molecule has 7 nitrogen and oxygen atoms in total. The number of nitrogens with zero attached hydrogens (tertiary/aromatic N) is 1. The molecule has 1 saturated heterocycles. The van der Waals surface area contributed by atoms with E-state index in [0.29, 0.717) is 11.6 Å². The highest BCUT2D eigenvalue weighted by atomic mass is 32.2. The second-order valence-electron chi connectivity index (χ2n) is 6.54. The molecule has 3 rings (SSSR count). The summed E-state index contributed by atoms with van der Waals surface area (Å²) in [5.74, 6) is -4.39.